The van der Waals surface area contributed by atoms with E-state index in [0.717, 1.165) is 44.2 Å². The Morgan fingerprint density at radius 1 is 1.24 bits per heavy atom. The van der Waals surface area contributed by atoms with E-state index in [-0.39, 0.29) is 5.56 Å². The topological polar surface area (TPSA) is 55.1 Å². The number of amides is 1. The Kier molecular flexibility index (Phi) is 4.56. The second kappa shape index (κ2) is 6.05. The summed E-state index contributed by atoms with van der Waals surface area (Å²) in [6, 6.07) is 4.46. The molecule has 116 valence electrons. The zero-order chi connectivity index (χ0) is 15.5. The van der Waals surface area contributed by atoms with Gasteiger partial charge in [-0.2, -0.15) is 13.2 Å². The molecule has 0 spiro atoms. The fourth-order valence-corrected chi connectivity index (χ4v) is 2.76. The van der Waals surface area contributed by atoms with Crippen LogP contribution in [0.5, 0.6) is 0 Å². The quantitative estimate of drug-likeness (QED) is 0.901. The number of alkyl halides is 3. The summed E-state index contributed by atoms with van der Waals surface area (Å²) in [6.07, 6.45) is 0.135. The van der Waals surface area contributed by atoms with Crippen molar-refractivity contribution in [3.05, 3.63) is 35.4 Å². The smallest absolute Gasteiger partial charge is 0.345 e. The van der Waals surface area contributed by atoms with Crippen molar-refractivity contribution in [1.82, 2.24) is 5.32 Å². The fraction of sp³-hybridized carbons (Fsp3) is 0.533. The van der Waals surface area contributed by atoms with Crippen molar-refractivity contribution >= 4 is 5.91 Å². The molecule has 3 N–H and O–H groups in total. The van der Waals surface area contributed by atoms with Gasteiger partial charge in [-0.3, -0.25) is 4.79 Å². The number of benzene rings is 1. The molecule has 3 nitrogen and oxygen atoms in total. The fourth-order valence-electron chi connectivity index (χ4n) is 2.76. The molecule has 2 rings (SSSR count). The van der Waals surface area contributed by atoms with Crippen LogP contribution in [-0.4, -0.2) is 18.0 Å². The summed E-state index contributed by atoms with van der Waals surface area (Å²) in [7, 11) is 0. The zero-order valence-corrected chi connectivity index (χ0v) is 11.7. The third-order valence-corrected chi connectivity index (χ3v) is 4.03. The molecule has 0 unspecified atom stereocenters. The highest BCUT2D eigenvalue weighted by atomic mass is 19.4. The van der Waals surface area contributed by atoms with Gasteiger partial charge in [-0.25, -0.2) is 0 Å². The van der Waals surface area contributed by atoms with Gasteiger partial charge in [0.2, 0.25) is 0 Å². The summed E-state index contributed by atoms with van der Waals surface area (Å²) in [6.45, 7) is 0.303. The molecule has 0 bridgehead atoms. The lowest BCUT2D eigenvalue weighted by atomic mass is 9.81. The summed E-state index contributed by atoms with van der Waals surface area (Å²) in [5.41, 5.74) is 4.48. The molecule has 0 aromatic heterocycles. The molecule has 1 fully saturated rings. The van der Waals surface area contributed by atoms with Crippen LogP contribution in [0.2, 0.25) is 0 Å². The number of hydrogen-bond donors (Lipinski definition) is 2. The lowest BCUT2D eigenvalue weighted by Gasteiger charge is -2.37. The van der Waals surface area contributed by atoms with Gasteiger partial charge in [0.15, 0.2) is 0 Å². The van der Waals surface area contributed by atoms with Gasteiger partial charge in [0.25, 0.3) is 5.91 Å². The summed E-state index contributed by atoms with van der Waals surface area (Å²) in [4.78, 5) is 12.2. The van der Waals surface area contributed by atoms with Crippen molar-refractivity contribution in [1.29, 1.82) is 0 Å². The van der Waals surface area contributed by atoms with Crippen LogP contribution in [-0.2, 0) is 6.18 Å². The van der Waals surface area contributed by atoms with Gasteiger partial charge in [0, 0.05) is 12.1 Å². The molecule has 0 heterocycles. The van der Waals surface area contributed by atoms with Crippen molar-refractivity contribution < 1.29 is 18.0 Å². The molecule has 1 saturated carbocycles. The highest BCUT2D eigenvalue weighted by molar-refractivity contribution is 5.94. The zero-order valence-electron chi connectivity index (χ0n) is 11.7. The summed E-state index contributed by atoms with van der Waals surface area (Å²) >= 11 is 0. The number of carbonyl (C=O) groups is 1. The number of rotatable bonds is 3. The highest BCUT2D eigenvalue weighted by Crippen LogP contribution is 2.30. The van der Waals surface area contributed by atoms with E-state index < -0.39 is 23.2 Å². The van der Waals surface area contributed by atoms with Crippen molar-refractivity contribution in [2.24, 2.45) is 5.73 Å². The normalized spacial score (nSPS) is 18.3. The molecule has 1 aliphatic rings. The largest absolute Gasteiger partial charge is 0.416 e. The van der Waals surface area contributed by atoms with E-state index in [0.29, 0.717) is 6.54 Å². The van der Waals surface area contributed by atoms with Crippen molar-refractivity contribution in [2.45, 2.75) is 43.8 Å². The van der Waals surface area contributed by atoms with E-state index in [4.69, 9.17) is 5.73 Å². The van der Waals surface area contributed by atoms with Crippen LogP contribution in [0.4, 0.5) is 13.2 Å². The molecule has 21 heavy (non-hydrogen) atoms. The Morgan fingerprint density at radius 3 is 2.48 bits per heavy atom. The molecule has 0 saturated heterocycles. The summed E-state index contributed by atoms with van der Waals surface area (Å²) < 4.78 is 38.0. The van der Waals surface area contributed by atoms with Crippen molar-refractivity contribution in [3.8, 4) is 0 Å². The van der Waals surface area contributed by atoms with E-state index in [1.54, 1.807) is 0 Å². The lowest BCUT2D eigenvalue weighted by Crippen LogP contribution is -2.54. The molecule has 1 aromatic rings. The van der Waals surface area contributed by atoms with E-state index in [1.165, 1.54) is 12.1 Å². The first-order chi connectivity index (χ1) is 9.86. The SMILES string of the molecule is NCC1(NC(=O)c2cccc(C(F)(F)F)c2)CCCCC1. The molecular weight excluding hydrogens is 281 g/mol. The van der Waals surface area contributed by atoms with Crippen LogP contribution in [0.3, 0.4) is 0 Å². The van der Waals surface area contributed by atoms with Crippen molar-refractivity contribution in [2.75, 3.05) is 6.54 Å². The average Bonchev–Trinajstić information content (AvgIpc) is 2.47. The minimum absolute atomic E-state index is 0.0169. The number of nitrogens with two attached hydrogens (primary N) is 1. The van der Waals surface area contributed by atoms with Crippen LogP contribution in [0, 0.1) is 0 Å². The molecule has 0 radical (unpaired) electrons. The molecule has 6 heteroatoms. The number of hydrogen-bond acceptors (Lipinski definition) is 2. The Balaban J connectivity index is 2.16. The second-order valence-electron chi connectivity index (χ2n) is 5.58. The third-order valence-electron chi connectivity index (χ3n) is 4.03. The number of carbonyl (C=O) groups excluding carboxylic acids is 1. The maximum atomic E-state index is 12.7. The predicted molar refractivity (Wildman–Crippen MR) is 73.8 cm³/mol. The van der Waals surface area contributed by atoms with Crippen LogP contribution in [0.25, 0.3) is 0 Å². The van der Waals surface area contributed by atoms with Gasteiger partial charge in [0.1, 0.15) is 0 Å². The predicted octanol–water partition coefficient (Wildman–Crippen LogP) is 3.10. The maximum Gasteiger partial charge on any atom is 0.416 e. The first-order valence-electron chi connectivity index (χ1n) is 7.06. The lowest BCUT2D eigenvalue weighted by molar-refractivity contribution is -0.137. The van der Waals surface area contributed by atoms with Gasteiger partial charge in [-0.1, -0.05) is 25.3 Å². The van der Waals surface area contributed by atoms with Gasteiger partial charge < -0.3 is 11.1 Å². The van der Waals surface area contributed by atoms with E-state index >= 15 is 0 Å². The van der Waals surface area contributed by atoms with E-state index in [1.807, 2.05) is 0 Å². The van der Waals surface area contributed by atoms with Crippen LogP contribution >= 0.6 is 0 Å². The third kappa shape index (κ3) is 3.75. The van der Waals surface area contributed by atoms with E-state index in [2.05, 4.69) is 5.32 Å². The molecule has 0 atom stereocenters. The summed E-state index contributed by atoms with van der Waals surface area (Å²) in [5, 5.41) is 2.85. The second-order valence-corrected chi connectivity index (χ2v) is 5.58. The van der Waals surface area contributed by atoms with Gasteiger partial charge in [-0.05, 0) is 31.0 Å². The first kappa shape index (κ1) is 15.8. The van der Waals surface area contributed by atoms with Crippen LogP contribution in [0.15, 0.2) is 24.3 Å². The Hall–Kier alpha value is -1.56. The monoisotopic (exact) mass is 300 g/mol. The molecule has 1 aromatic carbocycles. The number of nitrogens with one attached hydrogen (secondary N) is 1. The van der Waals surface area contributed by atoms with Gasteiger partial charge in [0.05, 0.1) is 11.1 Å². The van der Waals surface area contributed by atoms with Crippen LogP contribution < -0.4 is 11.1 Å². The minimum atomic E-state index is -4.45. The highest BCUT2D eigenvalue weighted by Gasteiger charge is 2.34. The maximum absolute atomic E-state index is 12.7. The van der Waals surface area contributed by atoms with Crippen molar-refractivity contribution in [3.63, 3.8) is 0 Å². The average molecular weight is 300 g/mol. The van der Waals surface area contributed by atoms with Gasteiger partial charge in [-0.15, -0.1) is 0 Å². The molecule has 1 aliphatic carbocycles. The van der Waals surface area contributed by atoms with Crippen LogP contribution in [0.1, 0.15) is 48.0 Å². The first-order valence-corrected chi connectivity index (χ1v) is 7.06. The van der Waals surface area contributed by atoms with Gasteiger partial charge >= 0.3 is 6.18 Å². The molecule has 1 amide bonds. The Labute approximate surface area is 121 Å². The Morgan fingerprint density at radius 2 is 1.90 bits per heavy atom. The Bertz CT molecular complexity index is 508. The molecule has 0 aliphatic heterocycles. The molecular formula is C15H19F3N2O. The van der Waals surface area contributed by atoms with E-state index in [9.17, 15) is 18.0 Å². The number of halogens is 3. The minimum Gasteiger partial charge on any atom is -0.345 e. The standard InChI is InChI=1S/C15H19F3N2O/c16-15(17,18)12-6-4-5-11(9-12)13(21)20-14(10-19)7-2-1-3-8-14/h4-6,9H,1-3,7-8,10,19H2,(H,20,21). The summed E-state index contributed by atoms with van der Waals surface area (Å²) in [5.74, 6) is -0.492.